The van der Waals surface area contributed by atoms with E-state index < -0.39 is 0 Å². The molecule has 2 aromatic rings. The van der Waals surface area contributed by atoms with E-state index in [4.69, 9.17) is 4.42 Å². The summed E-state index contributed by atoms with van der Waals surface area (Å²) < 4.78 is 5.73. The molecule has 0 spiro atoms. The maximum absolute atomic E-state index is 5.73. The summed E-state index contributed by atoms with van der Waals surface area (Å²) in [7, 11) is 0. The molecular formula is C13H16N2O. The minimum Gasteiger partial charge on any atom is -0.423 e. The predicted molar refractivity (Wildman–Crippen MR) is 65.5 cm³/mol. The summed E-state index contributed by atoms with van der Waals surface area (Å²) in [4.78, 5) is 6.38. The fourth-order valence-corrected chi connectivity index (χ4v) is 1.64. The molecule has 0 aliphatic heterocycles. The van der Waals surface area contributed by atoms with E-state index in [1.54, 1.807) is 6.20 Å². The van der Waals surface area contributed by atoms with Gasteiger partial charge in [-0.3, -0.25) is 0 Å². The summed E-state index contributed by atoms with van der Waals surface area (Å²) in [5, 5.41) is 0. The zero-order valence-electron chi connectivity index (χ0n) is 9.68. The molecule has 0 N–H and O–H groups in total. The molecule has 3 nitrogen and oxygen atoms in total. The first kappa shape index (κ1) is 10.7. The van der Waals surface area contributed by atoms with E-state index in [9.17, 15) is 0 Å². The second kappa shape index (κ2) is 4.84. The van der Waals surface area contributed by atoms with Crippen LogP contribution in [0.15, 0.2) is 40.9 Å². The Bertz CT molecular complexity index is 432. The molecule has 3 heteroatoms. The molecule has 0 unspecified atom stereocenters. The van der Waals surface area contributed by atoms with Crippen LogP contribution in [0.5, 0.6) is 0 Å². The number of aromatic nitrogens is 1. The smallest absolute Gasteiger partial charge is 0.297 e. The van der Waals surface area contributed by atoms with Gasteiger partial charge in [-0.25, -0.2) is 4.98 Å². The number of nitrogens with zero attached hydrogens (tertiary/aromatic N) is 2. The van der Waals surface area contributed by atoms with Crippen LogP contribution in [0.1, 0.15) is 13.8 Å². The highest BCUT2D eigenvalue weighted by molar-refractivity contribution is 5.57. The molecule has 0 atom stereocenters. The number of oxazole rings is 1. The van der Waals surface area contributed by atoms with Crippen LogP contribution >= 0.6 is 0 Å². The number of anilines is 1. The maximum Gasteiger partial charge on any atom is 0.297 e. The Morgan fingerprint density at radius 1 is 1.12 bits per heavy atom. The van der Waals surface area contributed by atoms with Gasteiger partial charge in [-0.1, -0.05) is 30.3 Å². The van der Waals surface area contributed by atoms with Crippen molar-refractivity contribution in [3.05, 3.63) is 36.5 Å². The molecule has 0 saturated carbocycles. The topological polar surface area (TPSA) is 29.3 Å². The lowest BCUT2D eigenvalue weighted by Crippen LogP contribution is -2.21. The Kier molecular flexibility index (Phi) is 3.25. The molecule has 0 saturated heterocycles. The maximum atomic E-state index is 5.73. The number of hydrogen-bond donors (Lipinski definition) is 0. The van der Waals surface area contributed by atoms with E-state index in [2.05, 4.69) is 23.7 Å². The molecular weight excluding hydrogens is 200 g/mol. The lowest BCUT2D eigenvalue weighted by Gasteiger charge is -2.14. The normalized spacial score (nSPS) is 10.4. The third-order valence-corrected chi connectivity index (χ3v) is 2.59. The quantitative estimate of drug-likeness (QED) is 0.786. The van der Waals surface area contributed by atoms with E-state index in [0.29, 0.717) is 6.01 Å². The molecule has 1 aromatic carbocycles. The van der Waals surface area contributed by atoms with E-state index >= 15 is 0 Å². The summed E-state index contributed by atoms with van der Waals surface area (Å²) in [5.74, 6) is 0.822. The Hall–Kier alpha value is -1.77. The Morgan fingerprint density at radius 3 is 2.44 bits per heavy atom. The fourth-order valence-electron chi connectivity index (χ4n) is 1.64. The highest BCUT2D eigenvalue weighted by Gasteiger charge is 2.10. The molecule has 16 heavy (non-hydrogen) atoms. The molecule has 1 aromatic heterocycles. The Labute approximate surface area is 95.7 Å². The van der Waals surface area contributed by atoms with Gasteiger partial charge >= 0.3 is 0 Å². The molecule has 0 bridgehead atoms. The SMILES string of the molecule is CCN(CC)c1ncc(-c2ccccc2)o1. The number of benzene rings is 1. The monoisotopic (exact) mass is 216 g/mol. The van der Waals surface area contributed by atoms with Crippen molar-refractivity contribution in [1.29, 1.82) is 0 Å². The molecule has 2 rings (SSSR count). The van der Waals surface area contributed by atoms with Gasteiger partial charge in [0, 0.05) is 18.7 Å². The fraction of sp³-hybridized carbons (Fsp3) is 0.308. The van der Waals surface area contributed by atoms with Gasteiger partial charge in [0.1, 0.15) is 0 Å². The molecule has 0 fully saturated rings. The standard InChI is InChI=1S/C13H16N2O/c1-3-15(4-2)13-14-10-12(16-13)11-8-6-5-7-9-11/h5-10H,3-4H2,1-2H3. The molecule has 0 amide bonds. The van der Waals surface area contributed by atoms with E-state index in [0.717, 1.165) is 24.4 Å². The van der Waals surface area contributed by atoms with Crippen LogP contribution in [0.3, 0.4) is 0 Å². The van der Waals surface area contributed by atoms with Gasteiger partial charge in [-0.2, -0.15) is 0 Å². The lowest BCUT2D eigenvalue weighted by molar-refractivity contribution is 0.552. The van der Waals surface area contributed by atoms with Gasteiger partial charge in [-0.15, -0.1) is 0 Å². The first-order valence-electron chi connectivity index (χ1n) is 5.61. The van der Waals surface area contributed by atoms with Crippen LogP contribution in [0.25, 0.3) is 11.3 Å². The second-order valence-electron chi connectivity index (χ2n) is 3.55. The van der Waals surface area contributed by atoms with Crippen LogP contribution in [0.4, 0.5) is 6.01 Å². The molecule has 0 radical (unpaired) electrons. The minimum atomic E-state index is 0.698. The highest BCUT2D eigenvalue weighted by Crippen LogP contribution is 2.23. The van der Waals surface area contributed by atoms with Crippen molar-refractivity contribution in [1.82, 2.24) is 4.98 Å². The predicted octanol–water partition coefficient (Wildman–Crippen LogP) is 3.19. The van der Waals surface area contributed by atoms with E-state index in [-0.39, 0.29) is 0 Å². The van der Waals surface area contributed by atoms with Gasteiger partial charge in [0.05, 0.1) is 6.20 Å². The lowest BCUT2D eigenvalue weighted by atomic mass is 10.2. The van der Waals surface area contributed by atoms with Crippen LogP contribution in [-0.2, 0) is 0 Å². The minimum absolute atomic E-state index is 0.698. The van der Waals surface area contributed by atoms with Crippen LogP contribution in [0.2, 0.25) is 0 Å². The van der Waals surface area contributed by atoms with Crippen LogP contribution in [-0.4, -0.2) is 18.1 Å². The van der Waals surface area contributed by atoms with Crippen molar-refractivity contribution in [2.45, 2.75) is 13.8 Å². The molecule has 1 heterocycles. The molecule has 84 valence electrons. The zero-order chi connectivity index (χ0) is 11.4. The highest BCUT2D eigenvalue weighted by atomic mass is 16.4. The average molecular weight is 216 g/mol. The summed E-state index contributed by atoms with van der Waals surface area (Å²) in [6.45, 7) is 6.00. The average Bonchev–Trinajstić information content (AvgIpc) is 2.81. The number of rotatable bonds is 4. The third-order valence-electron chi connectivity index (χ3n) is 2.59. The summed E-state index contributed by atoms with van der Waals surface area (Å²) in [6, 6.07) is 10.7. The van der Waals surface area contributed by atoms with Gasteiger partial charge in [0.25, 0.3) is 6.01 Å². The first-order valence-corrected chi connectivity index (χ1v) is 5.61. The van der Waals surface area contributed by atoms with Crippen LogP contribution in [0, 0.1) is 0 Å². The van der Waals surface area contributed by atoms with Crippen molar-refractivity contribution in [3.63, 3.8) is 0 Å². The first-order chi connectivity index (χ1) is 7.85. The summed E-state index contributed by atoms with van der Waals surface area (Å²) in [5.41, 5.74) is 1.06. The van der Waals surface area contributed by atoms with Crippen molar-refractivity contribution in [2.24, 2.45) is 0 Å². The largest absolute Gasteiger partial charge is 0.423 e. The van der Waals surface area contributed by atoms with Gasteiger partial charge < -0.3 is 9.32 Å². The second-order valence-corrected chi connectivity index (χ2v) is 3.55. The van der Waals surface area contributed by atoms with Gasteiger partial charge in [0.15, 0.2) is 5.76 Å². The van der Waals surface area contributed by atoms with Gasteiger partial charge in [0.2, 0.25) is 0 Å². The van der Waals surface area contributed by atoms with Crippen molar-refractivity contribution < 1.29 is 4.42 Å². The Morgan fingerprint density at radius 2 is 1.81 bits per heavy atom. The Balaban J connectivity index is 2.26. The summed E-state index contributed by atoms with van der Waals surface area (Å²) in [6.07, 6.45) is 1.78. The zero-order valence-corrected chi connectivity index (χ0v) is 9.68. The van der Waals surface area contributed by atoms with E-state index in [1.165, 1.54) is 0 Å². The van der Waals surface area contributed by atoms with Crippen LogP contribution < -0.4 is 4.90 Å². The van der Waals surface area contributed by atoms with E-state index in [1.807, 2.05) is 30.3 Å². The molecule has 0 aliphatic carbocycles. The van der Waals surface area contributed by atoms with Crippen molar-refractivity contribution in [3.8, 4) is 11.3 Å². The summed E-state index contributed by atoms with van der Waals surface area (Å²) >= 11 is 0. The number of hydrogen-bond acceptors (Lipinski definition) is 3. The molecule has 0 aliphatic rings. The third kappa shape index (κ3) is 2.08. The van der Waals surface area contributed by atoms with Crippen molar-refractivity contribution >= 4 is 6.01 Å². The van der Waals surface area contributed by atoms with Gasteiger partial charge in [-0.05, 0) is 13.8 Å². The van der Waals surface area contributed by atoms with Crippen molar-refractivity contribution in [2.75, 3.05) is 18.0 Å².